The molecule has 0 saturated heterocycles. The number of nitrogens with one attached hydrogen (secondary N) is 2. The number of amides is 2. The summed E-state index contributed by atoms with van der Waals surface area (Å²) in [7, 11) is 0. The van der Waals surface area contributed by atoms with Crippen molar-refractivity contribution in [2.24, 2.45) is 0 Å². The largest absolute Gasteiger partial charge is 0.347 e. The van der Waals surface area contributed by atoms with Crippen LogP contribution in [0.5, 0.6) is 0 Å². The molecule has 0 radical (unpaired) electrons. The maximum atomic E-state index is 11.3. The molecule has 3 N–H and O–H groups in total. The third kappa shape index (κ3) is 13.1. The number of hydrogen-bond acceptors (Lipinski definition) is 3. The first-order chi connectivity index (χ1) is 9.20. The summed E-state index contributed by atoms with van der Waals surface area (Å²) in [6.45, 7) is 2.06. The normalized spacial score (nSPS) is 10.2. The van der Waals surface area contributed by atoms with Gasteiger partial charge in [-0.1, -0.05) is 58.3 Å². The van der Waals surface area contributed by atoms with Crippen molar-refractivity contribution in [1.29, 1.82) is 0 Å². The van der Waals surface area contributed by atoms with E-state index in [9.17, 15) is 9.59 Å². The average Bonchev–Trinajstić information content (AvgIpc) is 2.42. The second-order valence-electron chi connectivity index (χ2n) is 4.89. The van der Waals surface area contributed by atoms with Crippen LogP contribution in [0.15, 0.2) is 0 Å². The lowest BCUT2D eigenvalue weighted by Crippen LogP contribution is -2.35. The molecule has 19 heavy (non-hydrogen) atoms. The van der Waals surface area contributed by atoms with Crippen molar-refractivity contribution in [3.05, 3.63) is 0 Å². The van der Waals surface area contributed by atoms with E-state index in [2.05, 4.69) is 12.2 Å². The zero-order valence-corrected chi connectivity index (χ0v) is 12.0. The Hall–Kier alpha value is -1.10. The summed E-state index contributed by atoms with van der Waals surface area (Å²) in [5.41, 5.74) is 1.47. The van der Waals surface area contributed by atoms with Crippen LogP contribution in [0, 0.1) is 0 Å². The Morgan fingerprint density at radius 3 is 1.89 bits per heavy atom. The summed E-state index contributed by atoms with van der Waals surface area (Å²) in [6.07, 6.45) is 11.4. The van der Waals surface area contributed by atoms with Crippen LogP contribution in [0.4, 0.5) is 0 Å². The van der Waals surface area contributed by atoms with E-state index >= 15 is 0 Å². The van der Waals surface area contributed by atoms with Gasteiger partial charge in [-0.25, -0.2) is 5.48 Å². The summed E-state index contributed by atoms with van der Waals surface area (Å²) >= 11 is 0. The lowest BCUT2D eigenvalue weighted by atomic mass is 10.1. The molecule has 0 heterocycles. The van der Waals surface area contributed by atoms with E-state index in [4.69, 9.17) is 5.21 Å². The van der Waals surface area contributed by atoms with Gasteiger partial charge < -0.3 is 5.32 Å². The number of carbonyl (C=O) groups is 2. The van der Waals surface area contributed by atoms with Gasteiger partial charge in [-0.2, -0.15) is 0 Å². The lowest BCUT2D eigenvalue weighted by Gasteiger charge is -2.04. The van der Waals surface area contributed by atoms with Crippen LogP contribution < -0.4 is 10.8 Å². The van der Waals surface area contributed by atoms with Crippen LogP contribution in [-0.2, 0) is 9.59 Å². The molecule has 112 valence electrons. The molecule has 5 heteroatoms. The summed E-state index contributed by atoms with van der Waals surface area (Å²) in [5, 5.41) is 10.7. The van der Waals surface area contributed by atoms with Gasteiger partial charge in [0.05, 0.1) is 6.54 Å². The molecule has 0 aromatic rings. The second kappa shape index (κ2) is 13.3. The van der Waals surface area contributed by atoms with Crippen LogP contribution in [0.1, 0.15) is 71.1 Å². The van der Waals surface area contributed by atoms with Crippen molar-refractivity contribution >= 4 is 11.8 Å². The Morgan fingerprint density at radius 1 is 0.842 bits per heavy atom. The van der Waals surface area contributed by atoms with Gasteiger partial charge in [0.25, 0.3) is 5.91 Å². The maximum absolute atomic E-state index is 11.3. The van der Waals surface area contributed by atoms with E-state index in [1.54, 1.807) is 0 Å². The predicted octanol–water partition coefficient (Wildman–Crippen LogP) is 2.53. The molecule has 5 nitrogen and oxygen atoms in total. The molecule has 0 bridgehead atoms. The van der Waals surface area contributed by atoms with Crippen LogP contribution in [0.25, 0.3) is 0 Å². The van der Waals surface area contributed by atoms with E-state index in [1.165, 1.54) is 50.4 Å². The molecular formula is C14H28N2O3. The molecule has 0 spiro atoms. The van der Waals surface area contributed by atoms with E-state index in [0.29, 0.717) is 6.42 Å². The molecule has 0 aromatic heterocycles. The van der Waals surface area contributed by atoms with Gasteiger partial charge >= 0.3 is 0 Å². The summed E-state index contributed by atoms with van der Waals surface area (Å²) in [4.78, 5) is 22.0. The first kappa shape index (κ1) is 17.9. The van der Waals surface area contributed by atoms with Gasteiger partial charge in [0.2, 0.25) is 5.91 Å². The van der Waals surface area contributed by atoms with Crippen molar-refractivity contribution < 1.29 is 14.8 Å². The zero-order valence-electron chi connectivity index (χ0n) is 12.0. The monoisotopic (exact) mass is 272 g/mol. The predicted molar refractivity (Wildman–Crippen MR) is 74.8 cm³/mol. The Bertz CT molecular complexity index is 245. The van der Waals surface area contributed by atoms with Crippen molar-refractivity contribution in [1.82, 2.24) is 10.8 Å². The van der Waals surface area contributed by atoms with Gasteiger partial charge in [-0.15, -0.1) is 0 Å². The minimum Gasteiger partial charge on any atom is -0.347 e. The van der Waals surface area contributed by atoms with Crippen LogP contribution in [-0.4, -0.2) is 23.6 Å². The molecule has 0 rings (SSSR count). The van der Waals surface area contributed by atoms with Crippen LogP contribution >= 0.6 is 0 Å². The molecule has 0 fully saturated rings. The third-order valence-electron chi connectivity index (χ3n) is 3.08. The van der Waals surface area contributed by atoms with E-state index in [-0.39, 0.29) is 12.5 Å². The fraction of sp³-hybridized carbons (Fsp3) is 0.857. The molecule has 0 aromatic carbocycles. The van der Waals surface area contributed by atoms with Crippen LogP contribution in [0.3, 0.4) is 0 Å². The van der Waals surface area contributed by atoms with E-state index in [0.717, 1.165) is 12.8 Å². The van der Waals surface area contributed by atoms with E-state index in [1.807, 2.05) is 0 Å². The highest BCUT2D eigenvalue weighted by atomic mass is 16.5. The number of hydrogen-bond donors (Lipinski definition) is 3. The number of unbranched alkanes of at least 4 members (excludes halogenated alkanes) is 8. The Balaban J connectivity index is 3.21. The molecule has 0 unspecified atom stereocenters. The highest BCUT2D eigenvalue weighted by molar-refractivity contribution is 5.83. The molecule has 2 amide bonds. The summed E-state index contributed by atoms with van der Waals surface area (Å²) < 4.78 is 0. The van der Waals surface area contributed by atoms with Gasteiger partial charge in [0.15, 0.2) is 0 Å². The van der Waals surface area contributed by atoms with Crippen molar-refractivity contribution in [3.8, 4) is 0 Å². The average molecular weight is 272 g/mol. The topological polar surface area (TPSA) is 78.4 Å². The Kier molecular flexibility index (Phi) is 12.6. The maximum Gasteiger partial charge on any atom is 0.262 e. The Morgan fingerprint density at radius 2 is 1.37 bits per heavy atom. The highest BCUT2D eigenvalue weighted by Gasteiger charge is 2.03. The number of hydroxylamine groups is 1. The third-order valence-corrected chi connectivity index (χ3v) is 3.08. The van der Waals surface area contributed by atoms with Crippen molar-refractivity contribution in [2.75, 3.05) is 6.54 Å². The fourth-order valence-corrected chi connectivity index (χ4v) is 1.90. The van der Waals surface area contributed by atoms with Gasteiger partial charge in [-0.05, 0) is 6.42 Å². The standard InChI is InChI=1S/C14H28N2O3/c1-2-3-4-5-6-7-8-9-10-11-13(17)15-12-14(18)16-19/h19H,2-12H2,1H3,(H,15,17)(H,16,18). The number of carbonyl (C=O) groups excluding carboxylic acids is 2. The zero-order chi connectivity index (χ0) is 14.3. The van der Waals surface area contributed by atoms with Crippen molar-refractivity contribution in [2.45, 2.75) is 71.1 Å². The minimum absolute atomic E-state index is 0.133. The quantitative estimate of drug-likeness (QED) is 0.290. The lowest BCUT2D eigenvalue weighted by molar-refractivity contribution is -0.131. The van der Waals surface area contributed by atoms with E-state index < -0.39 is 5.91 Å². The SMILES string of the molecule is CCCCCCCCCCCC(=O)NCC(=O)NO. The molecule has 0 atom stereocenters. The summed E-state index contributed by atoms with van der Waals surface area (Å²) in [5.74, 6) is -0.730. The first-order valence-electron chi connectivity index (χ1n) is 7.40. The Labute approximate surface area is 116 Å². The van der Waals surface area contributed by atoms with Gasteiger partial charge in [-0.3, -0.25) is 14.8 Å². The molecule has 0 aliphatic carbocycles. The second-order valence-corrected chi connectivity index (χ2v) is 4.89. The van der Waals surface area contributed by atoms with Crippen LogP contribution in [0.2, 0.25) is 0 Å². The first-order valence-corrected chi connectivity index (χ1v) is 7.40. The smallest absolute Gasteiger partial charge is 0.262 e. The van der Waals surface area contributed by atoms with Gasteiger partial charge in [0, 0.05) is 6.42 Å². The molecule has 0 aliphatic heterocycles. The fourth-order valence-electron chi connectivity index (χ4n) is 1.90. The molecule has 0 saturated carbocycles. The van der Waals surface area contributed by atoms with Gasteiger partial charge in [0.1, 0.15) is 0 Å². The molecular weight excluding hydrogens is 244 g/mol. The summed E-state index contributed by atoms with van der Waals surface area (Å²) in [6, 6.07) is 0. The number of rotatable bonds is 12. The minimum atomic E-state index is -0.597. The van der Waals surface area contributed by atoms with Crippen molar-refractivity contribution in [3.63, 3.8) is 0 Å². The molecule has 0 aliphatic rings. The highest BCUT2D eigenvalue weighted by Crippen LogP contribution is 2.10.